The Balaban J connectivity index is 1.49. The van der Waals surface area contributed by atoms with E-state index >= 15 is 0 Å². The average molecular weight is 526 g/mol. The molecule has 5 aromatic carbocycles. The number of hydrogen-bond acceptors (Lipinski definition) is 1. The first-order valence-electron chi connectivity index (χ1n) is 14.2. The Bertz CT molecular complexity index is 2330. The van der Waals surface area contributed by atoms with Gasteiger partial charge in [-0.25, -0.2) is 0 Å². The highest BCUT2D eigenvalue weighted by atomic mass is 15.0. The van der Waals surface area contributed by atoms with Gasteiger partial charge in [0, 0.05) is 38.8 Å². The molecular weight excluding hydrogens is 498 g/mol. The van der Waals surface area contributed by atoms with Crippen molar-refractivity contribution in [1.29, 1.82) is 0 Å². The van der Waals surface area contributed by atoms with E-state index in [1.807, 2.05) is 12.4 Å². The van der Waals surface area contributed by atoms with Gasteiger partial charge in [-0.2, -0.15) is 0 Å². The van der Waals surface area contributed by atoms with Gasteiger partial charge in [0.25, 0.3) is 0 Å². The van der Waals surface area contributed by atoms with Crippen LogP contribution in [0.15, 0.2) is 128 Å². The van der Waals surface area contributed by atoms with E-state index in [9.17, 15) is 0 Å². The van der Waals surface area contributed by atoms with E-state index in [-0.39, 0.29) is 5.41 Å². The number of para-hydroxylation sites is 2. The number of benzene rings is 5. The Morgan fingerprint density at radius 3 is 2.24 bits per heavy atom. The highest BCUT2D eigenvalue weighted by Crippen LogP contribution is 2.53. The molecule has 3 aromatic heterocycles. The topological polar surface area (TPSA) is 22.8 Å². The van der Waals surface area contributed by atoms with Crippen LogP contribution < -0.4 is 0 Å². The van der Waals surface area contributed by atoms with E-state index in [0.717, 1.165) is 11.2 Å². The van der Waals surface area contributed by atoms with Crippen molar-refractivity contribution < 1.29 is 0 Å². The second-order valence-electron chi connectivity index (χ2n) is 11.6. The van der Waals surface area contributed by atoms with Crippen molar-refractivity contribution in [2.75, 3.05) is 0 Å². The predicted molar refractivity (Wildman–Crippen MR) is 170 cm³/mol. The zero-order valence-corrected chi connectivity index (χ0v) is 23.0. The summed E-state index contributed by atoms with van der Waals surface area (Å²) in [7, 11) is 0. The molecule has 1 aliphatic carbocycles. The molecule has 0 spiro atoms. The van der Waals surface area contributed by atoms with Crippen LogP contribution in [0.5, 0.6) is 0 Å². The first kappa shape index (κ1) is 22.6. The summed E-state index contributed by atoms with van der Waals surface area (Å²) in [5.41, 5.74) is 12.5. The van der Waals surface area contributed by atoms with Gasteiger partial charge in [0.05, 0.1) is 34.0 Å². The van der Waals surface area contributed by atoms with Gasteiger partial charge in [0.1, 0.15) is 0 Å². The molecule has 41 heavy (non-hydrogen) atoms. The van der Waals surface area contributed by atoms with Crippen LogP contribution in [-0.4, -0.2) is 14.1 Å². The number of nitrogens with zero attached hydrogens (tertiary/aromatic N) is 3. The number of fused-ring (bicyclic) bond motifs is 10. The van der Waals surface area contributed by atoms with Crippen molar-refractivity contribution >= 4 is 43.6 Å². The van der Waals surface area contributed by atoms with Crippen LogP contribution >= 0.6 is 0 Å². The van der Waals surface area contributed by atoms with E-state index in [1.165, 1.54) is 66.0 Å². The van der Waals surface area contributed by atoms with Gasteiger partial charge in [-0.05, 0) is 58.7 Å². The molecule has 0 bridgehead atoms. The van der Waals surface area contributed by atoms with Crippen molar-refractivity contribution in [1.82, 2.24) is 14.1 Å². The Labute approximate surface area is 237 Å². The van der Waals surface area contributed by atoms with E-state index in [2.05, 4.69) is 143 Å². The maximum absolute atomic E-state index is 4.55. The molecule has 0 N–H and O–H groups in total. The lowest BCUT2D eigenvalue weighted by atomic mass is 9.81. The molecule has 0 unspecified atom stereocenters. The molecule has 0 saturated heterocycles. The summed E-state index contributed by atoms with van der Waals surface area (Å²) in [5, 5.41) is 5.02. The molecular formula is C38H27N3. The maximum atomic E-state index is 4.55. The predicted octanol–water partition coefficient (Wildman–Crippen LogP) is 9.58. The zero-order chi connectivity index (χ0) is 27.3. The van der Waals surface area contributed by atoms with Gasteiger partial charge >= 0.3 is 0 Å². The summed E-state index contributed by atoms with van der Waals surface area (Å²) in [6.45, 7) is 4.76. The summed E-state index contributed by atoms with van der Waals surface area (Å²) < 4.78 is 4.88. The van der Waals surface area contributed by atoms with Crippen LogP contribution in [0.3, 0.4) is 0 Å². The molecule has 1 aliphatic rings. The highest BCUT2D eigenvalue weighted by molar-refractivity contribution is 6.17. The number of aromatic nitrogens is 3. The fourth-order valence-corrected chi connectivity index (χ4v) is 7.50. The Kier molecular flexibility index (Phi) is 4.39. The van der Waals surface area contributed by atoms with Crippen LogP contribution in [0.2, 0.25) is 0 Å². The standard InChI is InChI=1S/C38H27N3/c1-38(2)30-15-8-6-13-25(30)27-19-20-28-26-14-7-9-16-31(26)41(37(28)36(27)38)33-18-10-17-32-35(33)29-21-22-39-23-34(29)40(32)24-11-4-3-5-12-24/h3-23H,1-2H3. The number of rotatable bonds is 2. The van der Waals surface area contributed by atoms with Crippen molar-refractivity contribution in [2.45, 2.75) is 19.3 Å². The fourth-order valence-electron chi connectivity index (χ4n) is 7.50. The molecule has 0 fully saturated rings. The fraction of sp³-hybridized carbons (Fsp3) is 0.0789. The quantitative estimate of drug-likeness (QED) is 0.220. The Morgan fingerprint density at radius 2 is 1.34 bits per heavy atom. The first-order valence-corrected chi connectivity index (χ1v) is 14.2. The van der Waals surface area contributed by atoms with E-state index < -0.39 is 0 Å². The maximum Gasteiger partial charge on any atom is 0.0725 e. The zero-order valence-electron chi connectivity index (χ0n) is 23.0. The molecule has 3 heterocycles. The monoisotopic (exact) mass is 525 g/mol. The molecule has 0 amide bonds. The van der Waals surface area contributed by atoms with Crippen molar-refractivity contribution in [3.8, 4) is 22.5 Å². The third-order valence-corrected chi connectivity index (χ3v) is 9.18. The third-order valence-electron chi connectivity index (χ3n) is 9.18. The van der Waals surface area contributed by atoms with Crippen LogP contribution in [0.25, 0.3) is 66.1 Å². The number of hydrogen-bond donors (Lipinski definition) is 0. The first-order chi connectivity index (χ1) is 20.1. The van der Waals surface area contributed by atoms with Gasteiger partial charge in [-0.1, -0.05) is 92.7 Å². The molecule has 3 nitrogen and oxygen atoms in total. The van der Waals surface area contributed by atoms with Gasteiger partial charge < -0.3 is 9.13 Å². The summed E-state index contributed by atoms with van der Waals surface area (Å²) >= 11 is 0. The molecule has 8 aromatic rings. The van der Waals surface area contributed by atoms with Crippen LogP contribution in [-0.2, 0) is 5.41 Å². The molecule has 9 rings (SSSR count). The summed E-state index contributed by atoms with van der Waals surface area (Å²) in [5.74, 6) is 0. The smallest absolute Gasteiger partial charge is 0.0725 e. The van der Waals surface area contributed by atoms with Gasteiger partial charge in [-0.3, -0.25) is 4.98 Å². The lowest BCUT2D eigenvalue weighted by molar-refractivity contribution is 0.664. The Hall–Kier alpha value is -5.15. The third kappa shape index (κ3) is 2.85. The molecule has 0 radical (unpaired) electrons. The lowest BCUT2D eigenvalue weighted by Crippen LogP contribution is -2.16. The highest BCUT2D eigenvalue weighted by Gasteiger charge is 2.38. The molecule has 194 valence electrons. The molecule has 0 saturated carbocycles. The molecule has 0 atom stereocenters. The van der Waals surface area contributed by atoms with Crippen LogP contribution in [0.4, 0.5) is 0 Å². The van der Waals surface area contributed by atoms with E-state index in [0.29, 0.717) is 0 Å². The van der Waals surface area contributed by atoms with Crippen LogP contribution in [0, 0.1) is 0 Å². The normalized spacial score (nSPS) is 13.8. The Morgan fingerprint density at radius 1 is 0.561 bits per heavy atom. The summed E-state index contributed by atoms with van der Waals surface area (Å²) in [6.07, 6.45) is 3.91. The minimum atomic E-state index is -0.132. The van der Waals surface area contributed by atoms with Gasteiger partial charge in [-0.15, -0.1) is 0 Å². The van der Waals surface area contributed by atoms with Crippen molar-refractivity contribution in [3.63, 3.8) is 0 Å². The second kappa shape index (κ2) is 7.96. The SMILES string of the molecule is CC1(C)c2ccccc2-c2ccc3c4ccccc4n(-c4cccc5c4c4ccncc4n5-c4ccccc4)c3c21. The summed E-state index contributed by atoms with van der Waals surface area (Å²) in [6, 6.07) is 42.0. The largest absolute Gasteiger partial charge is 0.308 e. The summed E-state index contributed by atoms with van der Waals surface area (Å²) in [4.78, 5) is 4.55. The van der Waals surface area contributed by atoms with Crippen LogP contribution in [0.1, 0.15) is 25.0 Å². The van der Waals surface area contributed by atoms with E-state index in [4.69, 9.17) is 0 Å². The minimum absolute atomic E-state index is 0.132. The van der Waals surface area contributed by atoms with Crippen molar-refractivity contribution in [2.24, 2.45) is 0 Å². The number of pyridine rings is 1. The van der Waals surface area contributed by atoms with Gasteiger partial charge in [0.2, 0.25) is 0 Å². The van der Waals surface area contributed by atoms with Gasteiger partial charge in [0.15, 0.2) is 0 Å². The minimum Gasteiger partial charge on any atom is -0.308 e. The van der Waals surface area contributed by atoms with E-state index in [1.54, 1.807) is 0 Å². The molecule has 3 heteroatoms. The second-order valence-corrected chi connectivity index (χ2v) is 11.6. The average Bonchev–Trinajstić information content (AvgIpc) is 3.61. The van der Waals surface area contributed by atoms with Crippen molar-refractivity contribution in [3.05, 3.63) is 139 Å². The molecule has 0 aliphatic heterocycles. The lowest BCUT2D eigenvalue weighted by Gasteiger charge is -2.24.